The van der Waals surface area contributed by atoms with Crippen LogP contribution in [0.3, 0.4) is 0 Å². The maximum absolute atomic E-state index is 13.0. The Morgan fingerprint density at radius 1 is 1.22 bits per heavy atom. The molecule has 1 N–H and O–H groups in total. The molecular formula is C11H6ClFN2O3. The van der Waals surface area contributed by atoms with Crippen LogP contribution in [-0.4, -0.2) is 15.5 Å². The van der Waals surface area contributed by atoms with Crippen molar-refractivity contribution in [2.24, 2.45) is 0 Å². The predicted molar refractivity (Wildman–Crippen MR) is 62.5 cm³/mol. The van der Waals surface area contributed by atoms with Gasteiger partial charge in [0.05, 0.1) is 0 Å². The first-order valence-electron chi connectivity index (χ1n) is 4.81. The van der Waals surface area contributed by atoms with Gasteiger partial charge in [-0.25, -0.2) is 4.79 Å². The number of aromatic amines is 1. The number of benzene rings is 1. The highest BCUT2D eigenvalue weighted by molar-refractivity contribution is 6.30. The van der Waals surface area contributed by atoms with Crippen LogP contribution >= 0.6 is 11.6 Å². The van der Waals surface area contributed by atoms with Crippen LogP contribution in [0.1, 0.15) is 10.4 Å². The van der Waals surface area contributed by atoms with E-state index < -0.39 is 23.0 Å². The molecule has 0 fully saturated rings. The van der Waals surface area contributed by atoms with Crippen molar-refractivity contribution in [3.8, 4) is 0 Å². The molecule has 7 heteroatoms. The fourth-order valence-electron chi connectivity index (χ4n) is 1.36. The van der Waals surface area contributed by atoms with Crippen molar-refractivity contribution < 1.29 is 9.18 Å². The van der Waals surface area contributed by atoms with Gasteiger partial charge in [0.2, 0.25) is 5.82 Å². The molecule has 0 radical (unpaired) electrons. The third-order valence-electron chi connectivity index (χ3n) is 2.23. The standard InChI is InChI=1S/C11H6ClFN2O3/c12-7-3-1-6(2-4-7)9(16)15-10(17)8(13)5-14-11(15)18/h1-5H,(H,14,18). The van der Waals surface area contributed by atoms with Crippen LogP contribution in [0.15, 0.2) is 40.1 Å². The highest BCUT2D eigenvalue weighted by Gasteiger charge is 2.16. The molecule has 1 heterocycles. The van der Waals surface area contributed by atoms with E-state index in [0.29, 0.717) is 11.2 Å². The van der Waals surface area contributed by atoms with Crippen LogP contribution in [0.2, 0.25) is 5.02 Å². The molecule has 5 nitrogen and oxygen atoms in total. The molecule has 2 aromatic rings. The first-order chi connectivity index (χ1) is 8.50. The Morgan fingerprint density at radius 3 is 2.44 bits per heavy atom. The zero-order valence-corrected chi connectivity index (χ0v) is 9.57. The van der Waals surface area contributed by atoms with E-state index in [1.165, 1.54) is 24.3 Å². The second kappa shape index (κ2) is 4.58. The van der Waals surface area contributed by atoms with E-state index >= 15 is 0 Å². The normalized spacial score (nSPS) is 10.3. The summed E-state index contributed by atoms with van der Waals surface area (Å²) in [6, 6.07) is 5.52. The van der Waals surface area contributed by atoms with Crippen LogP contribution in [0.4, 0.5) is 4.39 Å². The summed E-state index contributed by atoms with van der Waals surface area (Å²) in [5.74, 6) is -2.13. The third kappa shape index (κ3) is 2.10. The van der Waals surface area contributed by atoms with Gasteiger partial charge in [-0.05, 0) is 24.3 Å². The summed E-state index contributed by atoms with van der Waals surface area (Å²) in [6.07, 6.45) is 0.607. The topological polar surface area (TPSA) is 71.9 Å². The molecule has 1 aromatic carbocycles. The molecule has 0 aliphatic rings. The minimum atomic E-state index is -1.29. The van der Waals surface area contributed by atoms with Gasteiger partial charge in [-0.15, -0.1) is 0 Å². The number of halogens is 2. The van der Waals surface area contributed by atoms with E-state index in [4.69, 9.17) is 11.6 Å². The summed E-state index contributed by atoms with van der Waals surface area (Å²) in [5, 5.41) is 0.395. The number of aromatic nitrogens is 2. The van der Waals surface area contributed by atoms with Crippen molar-refractivity contribution >= 4 is 17.5 Å². The number of rotatable bonds is 1. The molecule has 0 aliphatic heterocycles. The number of hydrogen-bond donors (Lipinski definition) is 1. The van der Waals surface area contributed by atoms with Gasteiger partial charge in [0.25, 0.3) is 11.5 Å². The Hall–Kier alpha value is -2.21. The van der Waals surface area contributed by atoms with E-state index in [0.717, 1.165) is 0 Å². The summed E-state index contributed by atoms with van der Waals surface area (Å²) in [5.41, 5.74) is -2.24. The molecule has 2 rings (SSSR count). The van der Waals surface area contributed by atoms with Gasteiger partial charge in [0, 0.05) is 16.8 Å². The summed E-state index contributed by atoms with van der Waals surface area (Å²) >= 11 is 5.64. The zero-order valence-electron chi connectivity index (χ0n) is 8.81. The van der Waals surface area contributed by atoms with E-state index in [1.807, 2.05) is 4.98 Å². The van der Waals surface area contributed by atoms with Crippen LogP contribution in [0.5, 0.6) is 0 Å². The Morgan fingerprint density at radius 2 is 1.83 bits per heavy atom. The molecule has 0 bridgehead atoms. The van der Waals surface area contributed by atoms with Gasteiger partial charge in [-0.2, -0.15) is 8.96 Å². The molecule has 0 spiro atoms. The lowest BCUT2D eigenvalue weighted by molar-refractivity contribution is 0.0948. The van der Waals surface area contributed by atoms with E-state index in [1.54, 1.807) is 0 Å². The first kappa shape index (κ1) is 12.3. The quantitative estimate of drug-likeness (QED) is 0.839. The molecule has 0 amide bonds. The number of hydrogen-bond acceptors (Lipinski definition) is 3. The minimum absolute atomic E-state index is 0.0533. The lowest BCUT2D eigenvalue weighted by atomic mass is 10.2. The number of nitrogens with one attached hydrogen (secondary N) is 1. The number of H-pyrrole nitrogens is 1. The van der Waals surface area contributed by atoms with Crippen molar-refractivity contribution in [1.82, 2.24) is 9.55 Å². The summed E-state index contributed by atoms with van der Waals surface area (Å²) in [7, 11) is 0. The van der Waals surface area contributed by atoms with Gasteiger partial charge >= 0.3 is 5.69 Å². The van der Waals surface area contributed by atoms with Crippen LogP contribution in [0, 0.1) is 5.82 Å². The first-order valence-corrected chi connectivity index (χ1v) is 5.19. The van der Waals surface area contributed by atoms with Crippen LogP contribution in [-0.2, 0) is 0 Å². The Labute approximate surface area is 104 Å². The molecule has 18 heavy (non-hydrogen) atoms. The molecule has 0 atom stereocenters. The van der Waals surface area contributed by atoms with Crippen LogP contribution in [0.25, 0.3) is 0 Å². The lowest BCUT2D eigenvalue weighted by Gasteiger charge is -2.03. The summed E-state index contributed by atoms with van der Waals surface area (Å²) in [4.78, 5) is 36.6. The largest absolute Gasteiger partial charge is 0.335 e. The fraction of sp³-hybridized carbons (Fsp3) is 0. The highest BCUT2D eigenvalue weighted by atomic mass is 35.5. The average Bonchev–Trinajstić information content (AvgIpc) is 2.35. The smallest absolute Gasteiger partial charge is 0.311 e. The zero-order chi connectivity index (χ0) is 13.3. The maximum Gasteiger partial charge on any atom is 0.335 e. The van der Waals surface area contributed by atoms with Crippen molar-refractivity contribution in [3.05, 3.63) is 67.7 Å². The second-order valence-corrected chi connectivity index (χ2v) is 3.83. The molecular weight excluding hydrogens is 263 g/mol. The molecule has 0 saturated carbocycles. The maximum atomic E-state index is 13.0. The van der Waals surface area contributed by atoms with Crippen molar-refractivity contribution in [1.29, 1.82) is 0 Å². The van der Waals surface area contributed by atoms with E-state index in [2.05, 4.69) is 0 Å². The van der Waals surface area contributed by atoms with Crippen molar-refractivity contribution in [3.63, 3.8) is 0 Å². The highest BCUT2D eigenvalue weighted by Crippen LogP contribution is 2.09. The predicted octanol–water partition coefficient (Wildman–Crippen LogP) is 1.02. The third-order valence-corrected chi connectivity index (χ3v) is 2.48. The average molecular weight is 269 g/mol. The summed E-state index contributed by atoms with van der Waals surface area (Å²) in [6.45, 7) is 0. The molecule has 92 valence electrons. The van der Waals surface area contributed by atoms with Gasteiger partial charge in [-0.1, -0.05) is 11.6 Å². The van der Waals surface area contributed by atoms with Crippen molar-refractivity contribution in [2.75, 3.05) is 0 Å². The molecule has 0 aliphatic carbocycles. The van der Waals surface area contributed by atoms with Gasteiger partial charge in [-0.3, -0.25) is 9.59 Å². The Balaban J connectivity index is 2.60. The fourth-order valence-corrected chi connectivity index (χ4v) is 1.48. The van der Waals surface area contributed by atoms with Crippen LogP contribution < -0.4 is 11.2 Å². The van der Waals surface area contributed by atoms with E-state index in [9.17, 15) is 18.8 Å². The Bertz CT molecular complexity index is 718. The second-order valence-electron chi connectivity index (χ2n) is 3.39. The summed E-state index contributed by atoms with van der Waals surface area (Å²) < 4.78 is 13.2. The monoisotopic (exact) mass is 268 g/mol. The van der Waals surface area contributed by atoms with Gasteiger partial charge < -0.3 is 4.98 Å². The molecule has 0 unspecified atom stereocenters. The number of nitrogens with zero attached hydrogens (tertiary/aromatic N) is 1. The molecule has 0 saturated heterocycles. The SMILES string of the molecule is O=C(c1ccc(Cl)cc1)n1c(=O)[nH]cc(F)c1=O. The Kier molecular flexibility index (Phi) is 3.12. The minimum Gasteiger partial charge on any atom is -0.311 e. The van der Waals surface area contributed by atoms with Gasteiger partial charge in [0.15, 0.2) is 0 Å². The number of carbonyl (C=O) groups is 1. The lowest BCUT2D eigenvalue weighted by Crippen LogP contribution is -2.41. The van der Waals surface area contributed by atoms with Crippen molar-refractivity contribution in [2.45, 2.75) is 0 Å². The molecule has 1 aromatic heterocycles. The van der Waals surface area contributed by atoms with E-state index in [-0.39, 0.29) is 10.1 Å². The van der Waals surface area contributed by atoms with Gasteiger partial charge in [0.1, 0.15) is 0 Å². The number of carbonyl (C=O) groups excluding carboxylic acids is 1.